The van der Waals surface area contributed by atoms with Crippen molar-refractivity contribution >= 4 is 22.8 Å². The molecule has 170 valence electrons. The second kappa shape index (κ2) is 9.17. The van der Waals surface area contributed by atoms with Gasteiger partial charge in [-0.15, -0.1) is 0 Å². The van der Waals surface area contributed by atoms with Gasteiger partial charge >= 0.3 is 6.03 Å². The number of hydrogen-bond donors (Lipinski definition) is 2. The third-order valence-corrected chi connectivity index (χ3v) is 5.85. The number of pyridine rings is 2. The zero-order chi connectivity index (χ0) is 22.7. The SMILES string of the molecule is CO[C@@]1(c2cccc(-c3cn([C@H](CF)CCF)c4cnc(NC(N)=O)cc34)n2)CCOC1. The third-order valence-electron chi connectivity index (χ3n) is 5.85. The number of alkyl halides is 2. The van der Waals surface area contributed by atoms with Crippen LogP contribution in [0.3, 0.4) is 0 Å². The number of nitrogens with zero attached hydrogens (tertiary/aromatic N) is 3. The van der Waals surface area contributed by atoms with Crippen LogP contribution in [0.1, 0.15) is 24.6 Å². The molecule has 0 unspecified atom stereocenters. The molecule has 1 aliphatic heterocycles. The van der Waals surface area contributed by atoms with E-state index < -0.39 is 31.0 Å². The molecule has 3 aromatic heterocycles. The minimum absolute atomic E-state index is 0.0264. The smallest absolute Gasteiger partial charge is 0.317 e. The quantitative estimate of drug-likeness (QED) is 0.550. The Balaban J connectivity index is 1.87. The number of fused-ring (bicyclic) bond motifs is 1. The number of carbonyl (C=O) groups excluding carboxylic acids is 1. The van der Waals surface area contributed by atoms with E-state index in [0.29, 0.717) is 41.8 Å². The summed E-state index contributed by atoms with van der Waals surface area (Å²) in [6.07, 6.45) is 3.96. The van der Waals surface area contributed by atoms with E-state index in [9.17, 15) is 13.6 Å². The van der Waals surface area contributed by atoms with Crippen molar-refractivity contribution in [2.45, 2.75) is 24.5 Å². The molecule has 3 N–H and O–H groups in total. The fraction of sp³-hybridized carbons (Fsp3) is 0.409. The molecule has 8 nitrogen and oxygen atoms in total. The highest BCUT2D eigenvalue weighted by atomic mass is 19.1. The molecule has 4 rings (SSSR count). The highest BCUT2D eigenvalue weighted by Crippen LogP contribution is 2.37. The molecule has 0 bridgehead atoms. The summed E-state index contributed by atoms with van der Waals surface area (Å²) in [4.78, 5) is 20.3. The number of urea groups is 1. The largest absolute Gasteiger partial charge is 0.378 e. The summed E-state index contributed by atoms with van der Waals surface area (Å²) >= 11 is 0. The van der Waals surface area contributed by atoms with Crippen molar-refractivity contribution in [3.05, 3.63) is 42.4 Å². The second-order valence-electron chi connectivity index (χ2n) is 7.72. The second-order valence-corrected chi connectivity index (χ2v) is 7.72. The Morgan fingerprint density at radius 2 is 2.28 bits per heavy atom. The van der Waals surface area contributed by atoms with Gasteiger partial charge in [-0.25, -0.2) is 19.2 Å². The van der Waals surface area contributed by atoms with E-state index in [1.807, 2.05) is 18.2 Å². The van der Waals surface area contributed by atoms with Crippen molar-refractivity contribution < 1.29 is 23.0 Å². The number of amides is 2. The average molecular weight is 445 g/mol. The predicted molar refractivity (Wildman–Crippen MR) is 116 cm³/mol. The fourth-order valence-electron chi connectivity index (χ4n) is 4.12. The molecule has 1 saturated heterocycles. The highest BCUT2D eigenvalue weighted by Gasteiger charge is 2.38. The van der Waals surface area contributed by atoms with Gasteiger partial charge in [-0.05, 0) is 24.6 Å². The van der Waals surface area contributed by atoms with Crippen LogP contribution >= 0.6 is 0 Å². The molecule has 10 heteroatoms. The standard InChI is InChI=1S/C22H25F2N5O3/c1-31-22(6-8-32-13-22)19-4-2-3-17(27-19)16-12-29(14(10-24)5-7-23)18-11-26-20(9-15(16)18)28-21(25)30/h2-4,9,11-12,14H,5-8,10,13H2,1H3,(H3,25,26,28,30)/t14-,22-/m0/s1. The van der Waals surface area contributed by atoms with Crippen LogP contribution in [0.25, 0.3) is 22.2 Å². The molecule has 1 fully saturated rings. The van der Waals surface area contributed by atoms with E-state index in [1.54, 1.807) is 23.9 Å². The van der Waals surface area contributed by atoms with Gasteiger partial charge in [0.25, 0.3) is 0 Å². The summed E-state index contributed by atoms with van der Waals surface area (Å²) in [5.74, 6) is 0.250. The Kier molecular flexibility index (Phi) is 6.33. The van der Waals surface area contributed by atoms with E-state index in [4.69, 9.17) is 20.2 Å². The van der Waals surface area contributed by atoms with Gasteiger partial charge in [0.2, 0.25) is 0 Å². The number of anilines is 1. The normalized spacial score (nSPS) is 19.3. The van der Waals surface area contributed by atoms with Crippen LogP contribution in [0.15, 0.2) is 36.7 Å². The minimum Gasteiger partial charge on any atom is -0.378 e. The van der Waals surface area contributed by atoms with Gasteiger partial charge in [-0.2, -0.15) is 0 Å². The van der Waals surface area contributed by atoms with Gasteiger partial charge in [0, 0.05) is 37.3 Å². The number of halogens is 2. The number of hydrogen-bond acceptors (Lipinski definition) is 5. The van der Waals surface area contributed by atoms with E-state index in [2.05, 4.69) is 10.3 Å². The van der Waals surface area contributed by atoms with Crippen LogP contribution < -0.4 is 11.1 Å². The Morgan fingerprint density at radius 3 is 2.94 bits per heavy atom. The molecule has 0 saturated carbocycles. The number of carbonyl (C=O) groups is 1. The van der Waals surface area contributed by atoms with Crippen molar-refractivity contribution in [1.29, 1.82) is 0 Å². The third kappa shape index (κ3) is 4.03. The molecule has 0 aliphatic carbocycles. The summed E-state index contributed by atoms with van der Waals surface area (Å²) in [5, 5.41) is 3.13. The van der Waals surface area contributed by atoms with Gasteiger partial charge in [-0.1, -0.05) is 6.07 Å². The van der Waals surface area contributed by atoms with Gasteiger partial charge in [0.05, 0.1) is 42.4 Å². The molecule has 2 atom stereocenters. The van der Waals surface area contributed by atoms with E-state index in [1.165, 1.54) is 6.20 Å². The topological polar surface area (TPSA) is 104 Å². The molecule has 32 heavy (non-hydrogen) atoms. The molecular weight excluding hydrogens is 420 g/mol. The zero-order valence-electron chi connectivity index (χ0n) is 17.7. The molecule has 2 amide bonds. The van der Waals surface area contributed by atoms with E-state index >= 15 is 0 Å². The molecule has 0 radical (unpaired) electrons. The fourth-order valence-corrected chi connectivity index (χ4v) is 4.12. The minimum atomic E-state index is -0.750. The lowest BCUT2D eigenvalue weighted by atomic mass is 9.97. The van der Waals surface area contributed by atoms with Crippen molar-refractivity contribution in [1.82, 2.24) is 14.5 Å². The lowest BCUT2D eigenvalue weighted by Gasteiger charge is -2.25. The molecule has 3 aromatic rings. The molecule has 0 aromatic carbocycles. The maximum absolute atomic E-state index is 13.8. The summed E-state index contributed by atoms with van der Waals surface area (Å²) < 4.78 is 39.8. The first-order valence-corrected chi connectivity index (χ1v) is 10.3. The Morgan fingerprint density at radius 1 is 1.44 bits per heavy atom. The predicted octanol–water partition coefficient (Wildman–Crippen LogP) is 3.72. The van der Waals surface area contributed by atoms with E-state index in [-0.39, 0.29) is 12.2 Å². The number of nitrogens with two attached hydrogens (primary N) is 1. The lowest BCUT2D eigenvalue weighted by Crippen LogP contribution is -2.30. The van der Waals surface area contributed by atoms with Crippen LogP contribution in [0.2, 0.25) is 0 Å². The summed E-state index contributed by atoms with van der Waals surface area (Å²) in [6, 6.07) is 5.80. The Hall–Kier alpha value is -3.11. The molecule has 0 spiro atoms. The average Bonchev–Trinajstić information content (AvgIpc) is 3.43. The van der Waals surface area contributed by atoms with Gasteiger partial charge in [0.1, 0.15) is 18.1 Å². The number of rotatable bonds is 8. The summed E-state index contributed by atoms with van der Waals surface area (Å²) in [7, 11) is 1.63. The molecule has 4 heterocycles. The van der Waals surface area contributed by atoms with Crippen molar-refractivity contribution in [2.24, 2.45) is 5.73 Å². The lowest BCUT2D eigenvalue weighted by molar-refractivity contribution is -0.0245. The van der Waals surface area contributed by atoms with Crippen LogP contribution in [0.4, 0.5) is 19.4 Å². The Labute approximate surface area is 183 Å². The van der Waals surface area contributed by atoms with Crippen LogP contribution in [0.5, 0.6) is 0 Å². The molecular formula is C22H25F2N5O3. The number of nitrogens with one attached hydrogen (secondary N) is 1. The van der Waals surface area contributed by atoms with Crippen molar-refractivity contribution in [2.75, 3.05) is 39.0 Å². The Bertz CT molecular complexity index is 1110. The zero-order valence-corrected chi connectivity index (χ0v) is 17.7. The number of ether oxygens (including phenoxy) is 2. The summed E-state index contributed by atoms with van der Waals surface area (Å²) in [5.41, 5.74) is 7.24. The van der Waals surface area contributed by atoms with Gasteiger partial charge in [0.15, 0.2) is 0 Å². The number of methoxy groups -OCH3 is 1. The first kappa shape index (κ1) is 22.1. The van der Waals surface area contributed by atoms with Crippen LogP contribution in [-0.4, -0.2) is 54.2 Å². The van der Waals surface area contributed by atoms with Crippen molar-refractivity contribution in [3.8, 4) is 11.3 Å². The van der Waals surface area contributed by atoms with Gasteiger partial charge < -0.3 is 19.8 Å². The molecule has 1 aliphatic rings. The highest BCUT2D eigenvalue weighted by molar-refractivity contribution is 5.98. The van der Waals surface area contributed by atoms with Crippen LogP contribution in [0, 0.1) is 0 Å². The van der Waals surface area contributed by atoms with Crippen LogP contribution in [-0.2, 0) is 15.1 Å². The van der Waals surface area contributed by atoms with E-state index in [0.717, 1.165) is 5.69 Å². The summed E-state index contributed by atoms with van der Waals surface area (Å²) in [6.45, 7) is -0.401. The monoisotopic (exact) mass is 445 g/mol. The first-order valence-electron chi connectivity index (χ1n) is 10.3. The van der Waals surface area contributed by atoms with Gasteiger partial charge in [-0.3, -0.25) is 9.71 Å². The number of primary amides is 1. The first-order chi connectivity index (χ1) is 15.5. The maximum Gasteiger partial charge on any atom is 0.317 e. The number of aromatic nitrogens is 3. The van der Waals surface area contributed by atoms with Crippen molar-refractivity contribution in [3.63, 3.8) is 0 Å². The maximum atomic E-state index is 13.8.